The molecule has 2 rings (SSSR count). The number of nitro groups is 1. The van der Waals surface area contributed by atoms with Crippen LogP contribution in [0.15, 0.2) is 42.6 Å². The third kappa shape index (κ3) is 2.92. The maximum absolute atomic E-state index is 12.4. The van der Waals surface area contributed by atoms with Crippen molar-refractivity contribution < 1.29 is 9.72 Å². The number of carbonyl (C=O) groups excluding carboxylic acids is 1. The monoisotopic (exact) mass is 281 g/mol. The SMILES string of the molecule is Cc1cc([N+](=O)[O-])ccc1C(=O)C(C#N)c1ccccn1. The number of Topliss-reactive ketones (excluding diaryl/α,β-unsaturated/α-hetero) is 1. The molecule has 0 saturated carbocycles. The molecule has 2 aromatic rings. The van der Waals surface area contributed by atoms with Crippen LogP contribution in [-0.2, 0) is 0 Å². The van der Waals surface area contributed by atoms with Crippen molar-refractivity contribution in [1.82, 2.24) is 4.98 Å². The highest BCUT2D eigenvalue weighted by Gasteiger charge is 2.25. The number of ketones is 1. The molecule has 1 heterocycles. The number of non-ortho nitro benzene ring substituents is 1. The summed E-state index contributed by atoms with van der Waals surface area (Å²) in [7, 11) is 0. The Hall–Kier alpha value is -3.07. The van der Waals surface area contributed by atoms with E-state index in [1.165, 1.54) is 24.4 Å². The summed E-state index contributed by atoms with van der Waals surface area (Å²) < 4.78 is 0. The van der Waals surface area contributed by atoms with Gasteiger partial charge in [0.1, 0.15) is 0 Å². The molecule has 0 aliphatic carbocycles. The molecule has 0 bridgehead atoms. The van der Waals surface area contributed by atoms with Crippen LogP contribution < -0.4 is 0 Å². The van der Waals surface area contributed by atoms with Gasteiger partial charge in [0.15, 0.2) is 11.7 Å². The second-order valence-corrected chi connectivity index (χ2v) is 4.44. The first-order chi connectivity index (χ1) is 10.0. The Bertz CT molecular complexity index is 736. The lowest BCUT2D eigenvalue weighted by Gasteiger charge is -2.09. The van der Waals surface area contributed by atoms with Crippen LogP contribution in [0.4, 0.5) is 5.69 Å². The van der Waals surface area contributed by atoms with Crippen molar-refractivity contribution >= 4 is 11.5 Å². The Balaban J connectivity index is 2.40. The molecule has 1 aromatic carbocycles. The first-order valence-electron chi connectivity index (χ1n) is 6.14. The number of nitro benzene ring substituents is 1. The van der Waals surface area contributed by atoms with Gasteiger partial charge in [0.25, 0.3) is 5.69 Å². The number of hydrogen-bond donors (Lipinski definition) is 0. The molecule has 0 saturated heterocycles. The van der Waals surface area contributed by atoms with Crippen LogP contribution in [0.2, 0.25) is 0 Å². The summed E-state index contributed by atoms with van der Waals surface area (Å²) in [6.45, 7) is 1.60. The highest BCUT2D eigenvalue weighted by molar-refractivity contribution is 6.03. The predicted molar refractivity (Wildman–Crippen MR) is 74.8 cm³/mol. The van der Waals surface area contributed by atoms with Gasteiger partial charge in [-0.05, 0) is 30.7 Å². The zero-order chi connectivity index (χ0) is 15.4. The summed E-state index contributed by atoms with van der Waals surface area (Å²) in [4.78, 5) is 26.6. The molecular formula is C15H11N3O3. The molecule has 6 nitrogen and oxygen atoms in total. The minimum Gasteiger partial charge on any atom is -0.292 e. The van der Waals surface area contributed by atoms with Crippen molar-refractivity contribution in [3.8, 4) is 6.07 Å². The van der Waals surface area contributed by atoms with E-state index in [4.69, 9.17) is 0 Å². The van der Waals surface area contributed by atoms with Gasteiger partial charge < -0.3 is 0 Å². The van der Waals surface area contributed by atoms with E-state index >= 15 is 0 Å². The van der Waals surface area contributed by atoms with Crippen molar-refractivity contribution in [1.29, 1.82) is 5.26 Å². The molecule has 0 amide bonds. The van der Waals surface area contributed by atoms with Gasteiger partial charge in [-0.15, -0.1) is 0 Å². The number of aryl methyl sites for hydroxylation is 1. The highest BCUT2D eigenvalue weighted by atomic mass is 16.6. The Morgan fingerprint density at radius 3 is 2.67 bits per heavy atom. The van der Waals surface area contributed by atoms with Gasteiger partial charge >= 0.3 is 0 Å². The molecule has 0 aliphatic rings. The summed E-state index contributed by atoms with van der Waals surface area (Å²) in [6, 6.07) is 10.9. The molecule has 21 heavy (non-hydrogen) atoms. The van der Waals surface area contributed by atoms with Crippen molar-refractivity contribution in [2.45, 2.75) is 12.8 Å². The van der Waals surface area contributed by atoms with Gasteiger partial charge in [-0.2, -0.15) is 5.26 Å². The van der Waals surface area contributed by atoms with E-state index in [1.807, 2.05) is 6.07 Å². The fraction of sp³-hybridized carbons (Fsp3) is 0.133. The molecule has 104 valence electrons. The average molecular weight is 281 g/mol. The van der Waals surface area contributed by atoms with Crippen LogP contribution in [-0.4, -0.2) is 15.7 Å². The average Bonchev–Trinajstić information content (AvgIpc) is 2.48. The number of hydrogen-bond acceptors (Lipinski definition) is 5. The zero-order valence-electron chi connectivity index (χ0n) is 11.2. The smallest absolute Gasteiger partial charge is 0.269 e. The van der Waals surface area contributed by atoms with Crippen LogP contribution in [0.1, 0.15) is 27.5 Å². The summed E-state index contributed by atoms with van der Waals surface area (Å²) in [5, 5.41) is 19.9. The van der Waals surface area contributed by atoms with Crippen LogP contribution in [0.5, 0.6) is 0 Å². The molecule has 1 atom stereocenters. The highest BCUT2D eigenvalue weighted by Crippen LogP contribution is 2.23. The number of benzene rings is 1. The molecule has 1 unspecified atom stereocenters. The third-order valence-corrected chi connectivity index (χ3v) is 3.06. The van der Waals surface area contributed by atoms with Crippen molar-refractivity contribution in [2.24, 2.45) is 0 Å². The molecule has 0 spiro atoms. The van der Waals surface area contributed by atoms with Gasteiger partial charge in [0.2, 0.25) is 0 Å². The maximum atomic E-state index is 12.4. The first kappa shape index (κ1) is 14.3. The van der Waals surface area contributed by atoms with E-state index in [-0.39, 0.29) is 11.3 Å². The standard InChI is InChI=1S/C15H11N3O3/c1-10-8-11(18(20)21)5-6-12(10)15(19)13(9-16)14-4-2-3-7-17-14/h2-8,13H,1H3. The largest absolute Gasteiger partial charge is 0.292 e. The van der Waals surface area contributed by atoms with E-state index in [1.54, 1.807) is 25.1 Å². The number of aromatic nitrogens is 1. The second-order valence-electron chi connectivity index (χ2n) is 4.44. The molecular weight excluding hydrogens is 270 g/mol. The van der Waals surface area contributed by atoms with Crippen LogP contribution in [0.25, 0.3) is 0 Å². The van der Waals surface area contributed by atoms with Crippen molar-refractivity contribution in [3.63, 3.8) is 0 Å². The number of carbonyl (C=O) groups is 1. The second kappa shape index (κ2) is 5.92. The summed E-state index contributed by atoms with van der Waals surface area (Å²) >= 11 is 0. The van der Waals surface area contributed by atoms with E-state index < -0.39 is 16.6 Å². The number of nitrogens with zero attached hydrogens (tertiary/aromatic N) is 3. The fourth-order valence-corrected chi connectivity index (χ4v) is 2.00. The minimum absolute atomic E-state index is 0.0876. The number of rotatable bonds is 4. The lowest BCUT2D eigenvalue weighted by atomic mass is 9.92. The summed E-state index contributed by atoms with van der Waals surface area (Å²) in [5.41, 5.74) is 1.03. The minimum atomic E-state index is -1.02. The molecule has 0 radical (unpaired) electrons. The topological polar surface area (TPSA) is 96.9 Å². The molecule has 0 aliphatic heterocycles. The van der Waals surface area contributed by atoms with Gasteiger partial charge in [-0.25, -0.2) is 0 Å². The van der Waals surface area contributed by atoms with Gasteiger partial charge in [0.05, 0.1) is 16.7 Å². The van der Waals surface area contributed by atoms with Gasteiger partial charge in [-0.1, -0.05) is 6.07 Å². The predicted octanol–water partition coefficient (Wildman–Crippen LogP) is 2.79. The van der Waals surface area contributed by atoms with Crippen LogP contribution in [0, 0.1) is 28.4 Å². The zero-order valence-corrected chi connectivity index (χ0v) is 11.2. The van der Waals surface area contributed by atoms with E-state index in [0.717, 1.165) is 0 Å². The third-order valence-electron chi connectivity index (χ3n) is 3.06. The van der Waals surface area contributed by atoms with Gasteiger partial charge in [-0.3, -0.25) is 19.9 Å². The van der Waals surface area contributed by atoms with Crippen LogP contribution >= 0.6 is 0 Å². The first-order valence-corrected chi connectivity index (χ1v) is 6.14. The Kier molecular flexibility index (Phi) is 4.05. The number of pyridine rings is 1. The Labute approximate surface area is 120 Å². The normalized spacial score (nSPS) is 11.4. The van der Waals surface area contributed by atoms with E-state index in [2.05, 4.69) is 4.98 Å². The van der Waals surface area contributed by atoms with Crippen LogP contribution in [0.3, 0.4) is 0 Å². The number of nitriles is 1. The van der Waals surface area contributed by atoms with Crippen molar-refractivity contribution in [2.75, 3.05) is 0 Å². The molecule has 6 heteroatoms. The maximum Gasteiger partial charge on any atom is 0.269 e. The molecule has 0 fully saturated rings. The summed E-state index contributed by atoms with van der Waals surface area (Å²) in [6.07, 6.45) is 1.51. The Morgan fingerprint density at radius 2 is 2.14 bits per heavy atom. The molecule has 0 N–H and O–H groups in total. The van der Waals surface area contributed by atoms with Crippen molar-refractivity contribution in [3.05, 3.63) is 69.5 Å². The quantitative estimate of drug-likeness (QED) is 0.487. The fourth-order valence-electron chi connectivity index (χ4n) is 2.00. The summed E-state index contributed by atoms with van der Waals surface area (Å²) in [5.74, 6) is -1.44. The molecule has 1 aromatic heterocycles. The Morgan fingerprint density at radius 1 is 1.38 bits per heavy atom. The van der Waals surface area contributed by atoms with E-state index in [9.17, 15) is 20.2 Å². The lowest BCUT2D eigenvalue weighted by Crippen LogP contribution is -2.14. The van der Waals surface area contributed by atoms with Gasteiger partial charge in [0, 0.05) is 23.9 Å². The lowest BCUT2D eigenvalue weighted by molar-refractivity contribution is -0.384. The van der Waals surface area contributed by atoms with E-state index in [0.29, 0.717) is 11.3 Å².